The second kappa shape index (κ2) is 6.52. The fourth-order valence-electron chi connectivity index (χ4n) is 4.39. The van der Waals surface area contributed by atoms with Crippen LogP contribution in [-0.2, 0) is 10.2 Å². The first-order valence-corrected chi connectivity index (χ1v) is 8.76. The number of amides is 1. The van der Waals surface area contributed by atoms with E-state index in [1.54, 1.807) is 7.11 Å². The molecule has 23 heavy (non-hydrogen) atoms. The molecule has 2 N–H and O–H groups in total. The minimum absolute atomic E-state index is 0.298. The molecular weight excluding hydrogens is 288 g/mol. The Labute approximate surface area is 139 Å². The average molecular weight is 316 g/mol. The van der Waals surface area contributed by atoms with Crippen molar-refractivity contribution in [2.24, 2.45) is 11.7 Å². The van der Waals surface area contributed by atoms with Crippen molar-refractivity contribution in [3.05, 3.63) is 29.8 Å². The fraction of sp³-hybridized carbons (Fsp3) is 0.632. The number of methoxy groups -OCH3 is 1. The molecular formula is C19H28N2O2. The van der Waals surface area contributed by atoms with Crippen molar-refractivity contribution >= 4 is 5.91 Å². The molecule has 4 nitrogen and oxygen atoms in total. The van der Waals surface area contributed by atoms with Gasteiger partial charge in [0.05, 0.1) is 12.5 Å². The summed E-state index contributed by atoms with van der Waals surface area (Å²) in [6.07, 6.45) is 5.19. The van der Waals surface area contributed by atoms with Gasteiger partial charge in [-0.1, -0.05) is 25.0 Å². The zero-order chi connectivity index (χ0) is 16.4. The van der Waals surface area contributed by atoms with Crippen LogP contribution in [0.2, 0.25) is 0 Å². The summed E-state index contributed by atoms with van der Waals surface area (Å²) in [5.41, 5.74) is 6.64. The van der Waals surface area contributed by atoms with Gasteiger partial charge in [-0.3, -0.25) is 4.79 Å². The van der Waals surface area contributed by atoms with Crippen molar-refractivity contribution in [2.75, 3.05) is 20.2 Å². The summed E-state index contributed by atoms with van der Waals surface area (Å²) in [6.45, 7) is 3.64. The largest absolute Gasteiger partial charge is 0.497 e. The van der Waals surface area contributed by atoms with Crippen LogP contribution >= 0.6 is 0 Å². The Morgan fingerprint density at radius 2 is 1.96 bits per heavy atom. The molecule has 1 saturated heterocycles. The summed E-state index contributed by atoms with van der Waals surface area (Å²) in [5, 5.41) is 0. The third kappa shape index (κ3) is 2.85. The number of nitrogens with two attached hydrogens (primary N) is 1. The van der Waals surface area contributed by atoms with E-state index in [1.807, 2.05) is 12.1 Å². The number of carbonyl (C=O) groups excluding carboxylic acids is 1. The number of ether oxygens (including phenoxy) is 1. The van der Waals surface area contributed by atoms with Crippen LogP contribution in [0, 0.1) is 5.92 Å². The molecule has 0 radical (unpaired) electrons. The standard InChI is InChI=1S/C19H28N2O2/c1-14-11-15(12-20)13-21(14)18(22)19(9-3-4-10-19)16-5-7-17(23-2)8-6-16/h5-8,14-15H,3-4,9-13,20H2,1-2H3. The Kier molecular flexibility index (Phi) is 4.62. The molecule has 1 aromatic rings. The van der Waals surface area contributed by atoms with Gasteiger partial charge >= 0.3 is 0 Å². The fourth-order valence-corrected chi connectivity index (χ4v) is 4.39. The van der Waals surface area contributed by atoms with Crippen LogP contribution < -0.4 is 10.5 Å². The van der Waals surface area contributed by atoms with Gasteiger partial charge in [0.2, 0.25) is 5.91 Å². The van der Waals surface area contributed by atoms with E-state index in [2.05, 4.69) is 24.0 Å². The quantitative estimate of drug-likeness (QED) is 0.929. The molecule has 1 aliphatic carbocycles. The van der Waals surface area contributed by atoms with Gasteiger partial charge in [-0.05, 0) is 56.3 Å². The third-order valence-electron chi connectivity index (χ3n) is 5.76. The van der Waals surface area contributed by atoms with Crippen LogP contribution in [0.15, 0.2) is 24.3 Å². The lowest BCUT2D eigenvalue weighted by molar-refractivity contribution is -0.138. The summed E-state index contributed by atoms with van der Waals surface area (Å²) >= 11 is 0. The molecule has 1 aliphatic heterocycles. The highest BCUT2D eigenvalue weighted by atomic mass is 16.5. The van der Waals surface area contributed by atoms with Crippen molar-refractivity contribution in [1.82, 2.24) is 4.90 Å². The molecule has 2 fully saturated rings. The first-order valence-electron chi connectivity index (χ1n) is 8.76. The van der Waals surface area contributed by atoms with Crippen molar-refractivity contribution in [2.45, 2.75) is 50.5 Å². The Hall–Kier alpha value is -1.55. The maximum atomic E-state index is 13.5. The number of hydrogen-bond donors (Lipinski definition) is 1. The zero-order valence-corrected chi connectivity index (χ0v) is 14.3. The van der Waals surface area contributed by atoms with Crippen LogP contribution in [0.25, 0.3) is 0 Å². The molecule has 0 spiro atoms. The summed E-state index contributed by atoms with van der Waals surface area (Å²) in [4.78, 5) is 15.5. The van der Waals surface area contributed by atoms with Gasteiger partial charge in [0.25, 0.3) is 0 Å². The van der Waals surface area contributed by atoms with Gasteiger partial charge in [0.15, 0.2) is 0 Å². The second-order valence-electron chi connectivity index (χ2n) is 7.16. The van der Waals surface area contributed by atoms with Gasteiger partial charge in [0.1, 0.15) is 5.75 Å². The average Bonchev–Trinajstić information content (AvgIpc) is 3.22. The van der Waals surface area contributed by atoms with E-state index < -0.39 is 0 Å². The van der Waals surface area contributed by atoms with Crippen molar-refractivity contribution < 1.29 is 9.53 Å². The topological polar surface area (TPSA) is 55.6 Å². The molecule has 2 unspecified atom stereocenters. The van der Waals surface area contributed by atoms with Gasteiger partial charge in [-0.25, -0.2) is 0 Å². The van der Waals surface area contributed by atoms with Crippen molar-refractivity contribution in [1.29, 1.82) is 0 Å². The Morgan fingerprint density at radius 3 is 2.48 bits per heavy atom. The Bertz CT molecular complexity index is 549. The van der Waals surface area contributed by atoms with Gasteiger partial charge in [0, 0.05) is 12.6 Å². The van der Waals surface area contributed by atoms with E-state index in [1.165, 1.54) is 0 Å². The molecule has 0 aromatic heterocycles. The Morgan fingerprint density at radius 1 is 1.30 bits per heavy atom. The molecule has 1 aromatic carbocycles. The molecule has 1 heterocycles. The van der Waals surface area contributed by atoms with Crippen LogP contribution in [0.4, 0.5) is 0 Å². The number of rotatable bonds is 4. The molecule has 1 amide bonds. The summed E-state index contributed by atoms with van der Waals surface area (Å²) in [5.74, 6) is 1.60. The number of likely N-dealkylation sites (tertiary alicyclic amines) is 1. The molecule has 0 bridgehead atoms. The molecule has 3 rings (SSSR count). The lowest BCUT2D eigenvalue weighted by atomic mass is 9.77. The predicted molar refractivity (Wildman–Crippen MR) is 91.5 cm³/mol. The molecule has 4 heteroatoms. The van der Waals surface area contributed by atoms with E-state index in [4.69, 9.17) is 10.5 Å². The highest BCUT2D eigenvalue weighted by Crippen LogP contribution is 2.44. The van der Waals surface area contributed by atoms with Crippen molar-refractivity contribution in [3.63, 3.8) is 0 Å². The maximum absolute atomic E-state index is 13.5. The van der Waals surface area contributed by atoms with E-state index >= 15 is 0 Å². The molecule has 2 atom stereocenters. The van der Waals surface area contributed by atoms with Crippen LogP contribution in [0.3, 0.4) is 0 Å². The van der Waals surface area contributed by atoms with Crippen molar-refractivity contribution in [3.8, 4) is 5.75 Å². The minimum atomic E-state index is -0.343. The lowest BCUT2D eigenvalue weighted by Crippen LogP contribution is -2.47. The molecule has 1 saturated carbocycles. The van der Waals surface area contributed by atoms with E-state index in [0.717, 1.165) is 50.0 Å². The summed E-state index contributed by atoms with van der Waals surface area (Å²) in [7, 11) is 1.67. The van der Waals surface area contributed by atoms with Crippen LogP contribution in [0.5, 0.6) is 5.75 Å². The first-order chi connectivity index (χ1) is 11.1. The minimum Gasteiger partial charge on any atom is -0.497 e. The number of nitrogens with zero attached hydrogens (tertiary/aromatic N) is 1. The van der Waals surface area contributed by atoms with E-state index in [0.29, 0.717) is 24.4 Å². The van der Waals surface area contributed by atoms with E-state index in [-0.39, 0.29) is 5.41 Å². The lowest BCUT2D eigenvalue weighted by Gasteiger charge is -2.35. The smallest absolute Gasteiger partial charge is 0.233 e. The monoisotopic (exact) mass is 316 g/mol. The normalized spacial score (nSPS) is 26.5. The van der Waals surface area contributed by atoms with Crippen LogP contribution in [0.1, 0.15) is 44.6 Å². The number of hydrogen-bond acceptors (Lipinski definition) is 3. The van der Waals surface area contributed by atoms with Gasteiger partial charge < -0.3 is 15.4 Å². The number of carbonyl (C=O) groups is 1. The third-order valence-corrected chi connectivity index (χ3v) is 5.76. The van der Waals surface area contributed by atoms with Crippen LogP contribution in [-0.4, -0.2) is 37.0 Å². The van der Waals surface area contributed by atoms with Gasteiger partial charge in [-0.2, -0.15) is 0 Å². The van der Waals surface area contributed by atoms with E-state index in [9.17, 15) is 4.79 Å². The molecule has 2 aliphatic rings. The highest BCUT2D eigenvalue weighted by Gasteiger charge is 2.47. The van der Waals surface area contributed by atoms with Gasteiger partial charge in [-0.15, -0.1) is 0 Å². The summed E-state index contributed by atoms with van der Waals surface area (Å²) < 4.78 is 5.26. The molecule has 126 valence electrons. The maximum Gasteiger partial charge on any atom is 0.233 e. The first kappa shape index (κ1) is 16.3. The summed E-state index contributed by atoms with van der Waals surface area (Å²) in [6, 6.07) is 8.39. The number of benzene rings is 1. The SMILES string of the molecule is COc1ccc(C2(C(=O)N3CC(CN)CC3C)CCCC2)cc1. The Balaban J connectivity index is 1.89. The highest BCUT2D eigenvalue weighted by molar-refractivity contribution is 5.89. The zero-order valence-electron chi connectivity index (χ0n) is 14.3. The predicted octanol–water partition coefficient (Wildman–Crippen LogP) is 2.70. The second-order valence-corrected chi connectivity index (χ2v) is 7.16.